The molecule has 0 aliphatic rings. The van der Waals surface area contributed by atoms with Gasteiger partial charge in [0, 0.05) is 60.0 Å². The Bertz CT molecular complexity index is 1520. The van der Waals surface area contributed by atoms with Crippen LogP contribution < -0.4 is 4.90 Å². The highest BCUT2D eigenvalue weighted by Crippen LogP contribution is 2.47. The molecule has 1 amide bonds. The van der Waals surface area contributed by atoms with E-state index in [0.29, 0.717) is 39.0 Å². The molecule has 0 radical (unpaired) electrons. The predicted octanol–water partition coefficient (Wildman–Crippen LogP) is 5.12. The van der Waals surface area contributed by atoms with E-state index in [4.69, 9.17) is 9.05 Å². The molecule has 0 aliphatic carbocycles. The lowest BCUT2D eigenvalue weighted by atomic mass is 10.0. The predicted molar refractivity (Wildman–Crippen MR) is 137 cm³/mol. The lowest BCUT2D eigenvalue weighted by Gasteiger charge is -2.18. The summed E-state index contributed by atoms with van der Waals surface area (Å²) in [6, 6.07) is 6.56. The molecule has 1 N–H and O–H groups in total. The molecule has 0 aromatic carbocycles. The summed E-state index contributed by atoms with van der Waals surface area (Å²) in [5.74, 6) is -0.941. The number of hydrogen-bond acceptors (Lipinski definition) is 7. The molecule has 192 valence electrons. The highest BCUT2D eigenvalue weighted by atomic mass is 31.2. The number of carbonyl (C=O) groups excluding carboxylic acids is 1. The molecule has 10 nitrogen and oxygen atoms in total. The van der Waals surface area contributed by atoms with Gasteiger partial charge in [-0.2, -0.15) is 4.39 Å². The molecule has 4 rings (SSSR count). The van der Waals surface area contributed by atoms with Crippen molar-refractivity contribution in [2.45, 2.75) is 20.1 Å². The standard InChI is InChI=1S/C25H25FN5O5P/c1-5-24(32)30(4)20-9-18(12-27-14-20)19-10-21-22(17-7-8-28-23(26)11-17)15-31(25(21)29-13-19)16(3)36-37(33,34)35-6-2/h5,7-16H,1,6H2,2-4H3,(H,33,34). The Morgan fingerprint density at radius 1 is 1.24 bits per heavy atom. The van der Waals surface area contributed by atoms with Gasteiger partial charge in [-0.05, 0) is 43.7 Å². The second kappa shape index (κ2) is 10.7. The number of carbonyl (C=O) groups is 1. The first-order chi connectivity index (χ1) is 17.6. The maximum Gasteiger partial charge on any atom is 0.474 e. The van der Waals surface area contributed by atoms with E-state index in [0.717, 1.165) is 0 Å². The number of anilines is 1. The van der Waals surface area contributed by atoms with Crippen molar-refractivity contribution in [3.63, 3.8) is 0 Å². The van der Waals surface area contributed by atoms with Crippen LogP contribution in [0.15, 0.2) is 67.9 Å². The minimum atomic E-state index is -4.31. The Morgan fingerprint density at radius 3 is 2.70 bits per heavy atom. The summed E-state index contributed by atoms with van der Waals surface area (Å²) >= 11 is 0. The first-order valence-electron chi connectivity index (χ1n) is 11.3. The smallest absolute Gasteiger partial charge is 0.310 e. The molecule has 12 heteroatoms. The van der Waals surface area contributed by atoms with Crippen molar-refractivity contribution in [1.29, 1.82) is 0 Å². The molecule has 4 heterocycles. The minimum absolute atomic E-state index is 0.00321. The third-order valence-electron chi connectivity index (χ3n) is 5.63. The lowest BCUT2D eigenvalue weighted by molar-refractivity contribution is -0.113. The van der Waals surface area contributed by atoms with Crippen LogP contribution in [-0.2, 0) is 18.4 Å². The number of pyridine rings is 3. The van der Waals surface area contributed by atoms with Gasteiger partial charge in [-0.3, -0.25) is 18.8 Å². The van der Waals surface area contributed by atoms with Crippen molar-refractivity contribution in [2.24, 2.45) is 0 Å². The van der Waals surface area contributed by atoms with Crippen molar-refractivity contribution in [3.05, 3.63) is 73.9 Å². The zero-order valence-corrected chi connectivity index (χ0v) is 21.3. The summed E-state index contributed by atoms with van der Waals surface area (Å²) in [6.45, 7) is 6.66. The maximum atomic E-state index is 14.0. The van der Waals surface area contributed by atoms with Crippen LogP contribution in [-0.4, -0.2) is 44.0 Å². The van der Waals surface area contributed by atoms with Crippen molar-refractivity contribution in [3.8, 4) is 22.3 Å². The van der Waals surface area contributed by atoms with E-state index in [2.05, 4.69) is 21.5 Å². The van der Waals surface area contributed by atoms with Gasteiger partial charge in [-0.1, -0.05) is 6.58 Å². The Labute approximate surface area is 212 Å². The number of phosphoric acid groups is 1. The van der Waals surface area contributed by atoms with Crippen molar-refractivity contribution < 1.29 is 27.7 Å². The van der Waals surface area contributed by atoms with E-state index in [-0.39, 0.29) is 12.5 Å². The molecule has 0 spiro atoms. The summed E-state index contributed by atoms with van der Waals surface area (Å²) < 4.78 is 37.9. The highest BCUT2D eigenvalue weighted by molar-refractivity contribution is 7.47. The van der Waals surface area contributed by atoms with E-state index in [1.54, 1.807) is 62.4 Å². The maximum absolute atomic E-state index is 14.0. The Morgan fingerprint density at radius 2 is 2.00 bits per heavy atom. The molecule has 2 atom stereocenters. The van der Waals surface area contributed by atoms with Crippen LogP contribution in [0.4, 0.5) is 10.1 Å². The van der Waals surface area contributed by atoms with E-state index in [1.807, 2.05) is 6.07 Å². The summed E-state index contributed by atoms with van der Waals surface area (Å²) in [5.41, 5.74) is 3.51. The van der Waals surface area contributed by atoms with E-state index < -0.39 is 20.0 Å². The Balaban J connectivity index is 1.85. The average Bonchev–Trinajstić information content (AvgIpc) is 3.26. The van der Waals surface area contributed by atoms with Crippen LogP contribution in [0.25, 0.3) is 33.3 Å². The highest BCUT2D eigenvalue weighted by Gasteiger charge is 2.26. The number of fused-ring (bicyclic) bond motifs is 1. The van der Waals surface area contributed by atoms with Gasteiger partial charge in [-0.25, -0.2) is 14.5 Å². The normalized spacial score (nSPS) is 13.8. The monoisotopic (exact) mass is 525 g/mol. The van der Waals surface area contributed by atoms with Gasteiger partial charge in [0.25, 0.3) is 0 Å². The van der Waals surface area contributed by atoms with Gasteiger partial charge in [0.05, 0.1) is 18.5 Å². The van der Waals surface area contributed by atoms with Gasteiger partial charge >= 0.3 is 7.82 Å². The van der Waals surface area contributed by atoms with E-state index in [9.17, 15) is 18.6 Å². The molecule has 0 saturated carbocycles. The number of phosphoric ester groups is 1. The third kappa shape index (κ3) is 5.65. The van der Waals surface area contributed by atoms with Gasteiger partial charge in [0.2, 0.25) is 11.9 Å². The van der Waals surface area contributed by atoms with E-state index in [1.165, 1.54) is 23.2 Å². The van der Waals surface area contributed by atoms with Gasteiger partial charge in [-0.15, -0.1) is 0 Å². The van der Waals surface area contributed by atoms with Gasteiger partial charge in [0.1, 0.15) is 11.9 Å². The first-order valence-corrected chi connectivity index (χ1v) is 12.8. The van der Waals surface area contributed by atoms with E-state index >= 15 is 0 Å². The number of amides is 1. The summed E-state index contributed by atoms with van der Waals surface area (Å²) in [4.78, 5) is 35.9. The molecule has 0 saturated heterocycles. The average molecular weight is 525 g/mol. The number of likely N-dealkylation sites (N-methyl/N-ethyl adjacent to an activating group) is 1. The molecule has 0 aliphatic heterocycles. The van der Waals surface area contributed by atoms with Crippen molar-refractivity contribution in [1.82, 2.24) is 19.5 Å². The number of rotatable bonds is 9. The fraction of sp³-hybridized carbons (Fsp3) is 0.200. The van der Waals surface area contributed by atoms with Crippen LogP contribution >= 0.6 is 7.82 Å². The minimum Gasteiger partial charge on any atom is -0.310 e. The van der Waals surface area contributed by atoms with Crippen LogP contribution in [0.5, 0.6) is 0 Å². The number of aromatic nitrogens is 4. The molecular weight excluding hydrogens is 500 g/mol. The number of nitrogens with zero attached hydrogens (tertiary/aromatic N) is 5. The molecule has 2 unspecified atom stereocenters. The van der Waals surface area contributed by atoms with Crippen LogP contribution in [0, 0.1) is 5.95 Å². The Hall–Kier alpha value is -3.76. The molecule has 4 aromatic heterocycles. The SMILES string of the molecule is C=CC(=O)N(C)c1cncc(-c2cnc3c(c2)c(-c2ccnc(F)c2)cn3C(C)OP(=O)(O)OCC)c1. The largest absolute Gasteiger partial charge is 0.474 e. The summed E-state index contributed by atoms with van der Waals surface area (Å²) in [6.07, 6.45) is 8.09. The zero-order valence-electron chi connectivity index (χ0n) is 20.4. The fourth-order valence-electron chi connectivity index (χ4n) is 3.84. The quantitative estimate of drug-likeness (QED) is 0.182. The van der Waals surface area contributed by atoms with Crippen molar-refractivity contribution in [2.75, 3.05) is 18.6 Å². The second-order valence-corrected chi connectivity index (χ2v) is 9.44. The number of halogens is 1. The van der Waals surface area contributed by atoms with Gasteiger partial charge in [0.15, 0.2) is 0 Å². The van der Waals surface area contributed by atoms with Crippen LogP contribution in [0.3, 0.4) is 0 Å². The van der Waals surface area contributed by atoms with Gasteiger partial charge < -0.3 is 14.4 Å². The molecular formula is C25H25FN5O5P. The third-order valence-corrected chi connectivity index (χ3v) is 6.78. The molecule has 4 aromatic rings. The number of hydrogen-bond donors (Lipinski definition) is 1. The summed E-state index contributed by atoms with van der Waals surface area (Å²) in [5, 5.41) is 0.628. The first kappa shape index (κ1) is 26.3. The van der Waals surface area contributed by atoms with Crippen LogP contribution in [0.1, 0.15) is 20.1 Å². The van der Waals surface area contributed by atoms with Crippen LogP contribution in [0.2, 0.25) is 0 Å². The molecule has 37 heavy (non-hydrogen) atoms. The fourth-order valence-corrected chi connectivity index (χ4v) is 4.71. The van der Waals surface area contributed by atoms with Crippen molar-refractivity contribution >= 4 is 30.5 Å². The summed E-state index contributed by atoms with van der Waals surface area (Å²) in [7, 11) is -2.69. The lowest BCUT2D eigenvalue weighted by Crippen LogP contribution is -2.23. The Kier molecular flexibility index (Phi) is 7.60. The second-order valence-electron chi connectivity index (χ2n) is 8.04. The molecule has 0 fully saturated rings. The zero-order chi connectivity index (χ0) is 26.7. The molecule has 0 bridgehead atoms. The topological polar surface area (TPSA) is 120 Å².